The number of hydrogen-bond acceptors (Lipinski definition) is 4. The number of rotatable bonds is 7. The molecule has 0 fully saturated rings. The van der Waals surface area contributed by atoms with E-state index in [4.69, 9.17) is 5.73 Å². The molecule has 1 rings (SSSR count). The van der Waals surface area contributed by atoms with Gasteiger partial charge >= 0.3 is 0 Å². The Morgan fingerprint density at radius 2 is 2.11 bits per heavy atom. The summed E-state index contributed by atoms with van der Waals surface area (Å²) in [5.74, 6) is 0.0947. The van der Waals surface area contributed by atoms with Crippen LogP contribution >= 0.6 is 0 Å². The van der Waals surface area contributed by atoms with Gasteiger partial charge in [-0.25, -0.2) is 0 Å². The zero-order chi connectivity index (χ0) is 14.3. The molecule has 0 aliphatic heterocycles. The molecule has 0 spiro atoms. The molecule has 1 heterocycles. The van der Waals surface area contributed by atoms with Gasteiger partial charge in [-0.2, -0.15) is 0 Å². The molecule has 0 bridgehead atoms. The molecule has 1 atom stereocenters. The second-order valence-corrected chi connectivity index (χ2v) is 4.71. The van der Waals surface area contributed by atoms with Gasteiger partial charge in [0.1, 0.15) is 0 Å². The quantitative estimate of drug-likeness (QED) is 0.689. The SMILES string of the molecule is CCC(CC)C(O)CNC(=O)Cc1ccc(N)cn1. The first-order valence-corrected chi connectivity index (χ1v) is 6.72. The average Bonchev–Trinajstić information content (AvgIpc) is 2.40. The third kappa shape index (κ3) is 5.26. The van der Waals surface area contributed by atoms with Crippen molar-refractivity contribution in [1.29, 1.82) is 0 Å². The Morgan fingerprint density at radius 1 is 1.42 bits per heavy atom. The van der Waals surface area contributed by atoms with Gasteiger partial charge in [-0.3, -0.25) is 9.78 Å². The first-order chi connectivity index (χ1) is 9.06. The number of aromatic nitrogens is 1. The van der Waals surface area contributed by atoms with Crippen LogP contribution in [0.15, 0.2) is 18.3 Å². The van der Waals surface area contributed by atoms with Crippen LogP contribution in [0, 0.1) is 5.92 Å². The summed E-state index contributed by atoms with van der Waals surface area (Å²) >= 11 is 0. The highest BCUT2D eigenvalue weighted by atomic mass is 16.3. The third-order valence-corrected chi connectivity index (χ3v) is 3.29. The van der Waals surface area contributed by atoms with Crippen molar-refractivity contribution in [1.82, 2.24) is 10.3 Å². The van der Waals surface area contributed by atoms with Crippen molar-refractivity contribution in [2.24, 2.45) is 5.92 Å². The first kappa shape index (κ1) is 15.4. The maximum absolute atomic E-state index is 11.7. The van der Waals surface area contributed by atoms with Crippen molar-refractivity contribution in [3.05, 3.63) is 24.0 Å². The van der Waals surface area contributed by atoms with E-state index in [1.165, 1.54) is 6.20 Å². The van der Waals surface area contributed by atoms with Crippen molar-refractivity contribution in [2.45, 2.75) is 39.2 Å². The van der Waals surface area contributed by atoms with Crippen LogP contribution in [0.5, 0.6) is 0 Å². The summed E-state index contributed by atoms with van der Waals surface area (Å²) in [7, 11) is 0. The number of carbonyl (C=O) groups is 1. The van der Waals surface area contributed by atoms with Crippen LogP contribution in [0.1, 0.15) is 32.4 Å². The molecule has 0 radical (unpaired) electrons. The molecule has 4 N–H and O–H groups in total. The number of anilines is 1. The van der Waals surface area contributed by atoms with Gasteiger partial charge in [0.25, 0.3) is 0 Å². The van der Waals surface area contributed by atoms with Crippen molar-refractivity contribution >= 4 is 11.6 Å². The number of nitrogens with zero attached hydrogens (tertiary/aromatic N) is 1. The zero-order valence-electron chi connectivity index (χ0n) is 11.6. The van der Waals surface area contributed by atoms with Crippen LogP contribution in [0.2, 0.25) is 0 Å². The van der Waals surface area contributed by atoms with Crippen LogP contribution in [0.25, 0.3) is 0 Å². The summed E-state index contributed by atoms with van der Waals surface area (Å²) in [4.78, 5) is 15.8. The van der Waals surface area contributed by atoms with Gasteiger partial charge in [0.2, 0.25) is 5.91 Å². The second-order valence-electron chi connectivity index (χ2n) is 4.71. The Bertz CT molecular complexity index is 388. The Kier molecular flexibility index (Phi) is 6.29. The number of hydrogen-bond donors (Lipinski definition) is 3. The van der Waals surface area contributed by atoms with Crippen molar-refractivity contribution < 1.29 is 9.90 Å². The van der Waals surface area contributed by atoms with E-state index >= 15 is 0 Å². The molecule has 0 aliphatic carbocycles. The van der Waals surface area contributed by atoms with E-state index in [1.54, 1.807) is 12.1 Å². The number of nitrogens with one attached hydrogen (secondary N) is 1. The summed E-state index contributed by atoms with van der Waals surface area (Å²) in [5.41, 5.74) is 6.77. The Labute approximate surface area is 114 Å². The Morgan fingerprint density at radius 3 is 2.63 bits per heavy atom. The number of aliphatic hydroxyl groups excluding tert-OH is 1. The molecule has 1 amide bonds. The standard InChI is InChI=1S/C14H23N3O2/c1-3-10(4-2)13(18)9-17-14(19)7-12-6-5-11(15)8-16-12/h5-6,8,10,13,18H,3-4,7,9,15H2,1-2H3,(H,17,19). The van der Waals surface area contributed by atoms with Crippen LogP contribution in [0.3, 0.4) is 0 Å². The van der Waals surface area contributed by atoms with Crippen molar-refractivity contribution in [2.75, 3.05) is 12.3 Å². The van der Waals surface area contributed by atoms with Crippen LogP contribution in [-0.2, 0) is 11.2 Å². The summed E-state index contributed by atoms with van der Waals surface area (Å²) < 4.78 is 0. The zero-order valence-corrected chi connectivity index (χ0v) is 11.6. The molecule has 0 aliphatic rings. The predicted octanol–water partition coefficient (Wildman–Crippen LogP) is 1.12. The van der Waals surface area contributed by atoms with E-state index in [-0.39, 0.29) is 18.2 Å². The first-order valence-electron chi connectivity index (χ1n) is 6.72. The molecule has 5 heteroatoms. The summed E-state index contributed by atoms with van der Waals surface area (Å²) in [6, 6.07) is 3.45. The predicted molar refractivity (Wildman–Crippen MR) is 75.4 cm³/mol. The van der Waals surface area contributed by atoms with Gasteiger partial charge in [-0.05, 0) is 18.1 Å². The molecule has 0 saturated heterocycles. The minimum Gasteiger partial charge on any atom is -0.397 e. The Balaban J connectivity index is 2.37. The smallest absolute Gasteiger partial charge is 0.226 e. The fourth-order valence-corrected chi connectivity index (χ4v) is 1.99. The van der Waals surface area contributed by atoms with Crippen LogP contribution in [0.4, 0.5) is 5.69 Å². The third-order valence-electron chi connectivity index (χ3n) is 3.29. The van der Waals surface area contributed by atoms with Gasteiger partial charge < -0.3 is 16.2 Å². The number of aliphatic hydroxyl groups is 1. The van der Waals surface area contributed by atoms with Crippen LogP contribution in [-0.4, -0.2) is 28.6 Å². The topological polar surface area (TPSA) is 88.2 Å². The molecule has 5 nitrogen and oxygen atoms in total. The lowest BCUT2D eigenvalue weighted by molar-refractivity contribution is -0.121. The van der Waals surface area contributed by atoms with E-state index in [1.807, 2.05) is 13.8 Å². The largest absolute Gasteiger partial charge is 0.397 e. The fraction of sp³-hybridized carbons (Fsp3) is 0.571. The van der Waals surface area contributed by atoms with Gasteiger partial charge in [0, 0.05) is 12.2 Å². The van der Waals surface area contributed by atoms with Crippen molar-refractivity contribution in [3.63, 3.8) is 0 Å². The van der Waals surface area contributed by atoms with Gasteiger partial charge in [-0.1, -0.05) is 26.7 Å². The summed E-state index contributed by atoms with van der Waals surface area (Å²) in [5, 5.41) is 12.6. The molecule has 1 aromatic rings. The molecule has 19 heavy (non-hydrogen) atoms. The van der Waals surface area contributed by atoms with E-state index in [0.717, 1.165) is 12.8 Å². The number of amides is 1. The molecule has 0 aromatic carbocycles. The number of carbonyl (C=O) groups excluding carboxylic acids is 1. The molecule has 1 unspecified atom stereocenters. The average molecular weight is 265 g/mol. The summed E-state index contributed by atoms with van der Waals surface area (Å²) in [6.45, 7) is 4.37. The molecule has 1 aromatic heterocycles. The van der Waals surface area contributed by atoms with Gasteiger partial charge in [-0.15, -0.1) is 0 Å². The Hall–Kier alpha value is -1.62. The minimum atomic E-state index is -0.488. The van der Waals surface area contributed by atoms with Crippen molar-refractivity contribution in [3.8, 4) is 0 Å². The van der Waals surface area contributed by atoms with E-state index in [9.17, 15) is 9.90 Å². The second kappa shape index (κ2) is 7.74. The minimum absolute atomic E-state index is 0.137. The van der Waals surface area contributed by atoms with E-state index in [0.29, 0.717) is 17.9 Å². The lowest BCUT2D eigenvalue weighted by atomic mass is 9.96. The summed E-state index contributed by atoms with van der Waals surface area (Å²) in [6.07, 6.45) is 3.07. The lowest BCUT2D eigenvalue weighted by Crippen LogP contribution is -2.36. The van der Waals surface area contributed by atoms with Crippen LogP contribution < -0.4 is 11.1 Å². The normalized spacial score (nSPS) is 12.4. The maximum Gasteiger partial charge on any atom is 0.226 e. The number of nitrogen functional groups attached to an aromatic ring is 1. The molecule has 106 valence electrons. The highest BCUT2D eigenvalue weighted by molar-refractivity contribution is 5.78. The molecule has 0 saturated carbocycles. The van der Waals surface area contributed by atoms with E-state index in [2.05, 4.69) is 10.3 Å². The molecular formula is C14H23N3O2. The highest BCUT2D eigenvalue weighted by Gasteiger charge is 2.16. The van der Waals surface area contributed by atoms with Gasteiger partial charge in [0.05, 0.1) is 24.4 Å². The maximum atomic E-state index is 11.7. The highest BCUT2D eigenvalue weighted by Crippen LogP contribution is 2.12. The van der Waals surface area contributed by atoms with E-state index < -0.39 is 6.10 Å². The number of pyridine rings is 1. The fourth-order valence-electron chi connectivity index (χ4n) is 1.99. The monoisotopic (exact) mass is 265 g/mol. The number of nitrogens with two attached hydrogens (primary N) is 1. The molecular weight excluding hydrogens is 242 g/mol. The lowest BCUT2D eigenvalue weighted by Gasteiger charge is -2.20. The van der Waals surface area contributed by atoms with Gasteiger partial charge in [0.15, 0.2) is 0 Å².